The van der Waals surface area contributed by atoms with Gasteiger partial charge in [-0.1, -0.05) is 6.07 Å². The first-order valence-electron chi connectivity index (χ1n) is 11.1. The first-order chi connectivity index (χ1) is 15.3. The molecule has 0 N–H and O–H groups in total. The lowest BCUT2D eigenvalue weighted by Crippen LogP contribution is -2.37. The van der Waals surface area contributed by atoms with Crippen molar-refractivity contribution in [3.63, 3.8) is 0 Å². The predicted octanol–water partition coefficient (Wildman–Crippen LogP) is 2.14. The van der Waals surface area contributed by atoms with Crippen LogP contribution in [0.2, 0.25) is 0 Å². The Morgan fingerprint density at radius 1 is 1.19 bits per heavy atom. The average Bonchev–Trinajstić information content (AvgIpc) is 3.09. The quantitative estimate of drug-likeness (QED) is 0.614. The topological polar surface area (TPSA) is 83.7 Å². The minimum absolute atomic E-state index is 0.0645. The lowest BCUT2D eigenvalue weighted by molar-refractivity contribution is -0.134. The number of rotatable bonds is 5. The first kappa shape index (κ1) is 21.9. The largest absolute Gasteiger partial charge is 0.344 e. The van der Waals surface area contributed by atoms with Crippen LogP contribution >= 0.6 is 0 Å². The summed E-state index contributed by atoms with van der Waals surface area (Å²) in [4.78, 5) is 38.6. The fraction of sp³-hybridized carbons (Fsp3) is 0.458. The van der Waals surface area contributed by atoms with Crippen LogP contribution in [0.3, 0.4) is 0 Å². The molecule has 32 heavy (non-hydrogen) atoms. The summed E-state index contributed by atoms with van der Waals surface area (Å²) in [5.41, 5.74) is 5.63. The van der Waals surface area contributed by atoms with E-state index >= 15 is 0 Å². The molecule has 1 aliphatic rings. The van der Waals surface area contributed by atoms with E-state index in [1.807, 2.05) is 54.5 Å². The van der Waals surface area contributed by atoms with Crippen molar-refractivity contribution in [2.45, 2.75) is 40.0 Å². The van der Waals surface area contributed by atoms with Crippen molar-refractivity contribution < 1.29 is 9.59 Å². The number of carbonyl (C=O) groups excluding carboxylic acids is 2. The van der Waals surface area contributed by atoms with E-state index in [0.29, 0.717) is 38.9 Å². The number of aryl methyl sites for hydroxylation is 3. The van der Waals surface area contributed by atoms with Crippen molar-refractivity contribution in [3.8, 4) is 0 Å². The van der Waals surface area contributed by atoms with Crippen molar-refractivity contribution in [2.24, 2.45) is 5.92 Å². The molecule has 4 heterocycles. The zero-order valence-electron chi connectivity index (χ0n) is 19.2. The maximum absolute atomic E-state index is 13.2. The second kappa shape index (κ2) is 9.06. The van der Waals surface area contributed by atoms with Crippen LogP contribution in [0.1, 0.15) is 34.8 Å². The molecule has 0 radical (unpaired) electrons. The molecule has 3 aromatic rings. The summed E-state index contributed by atoms with van der Waals surface area (Å²) in [6.45, 7) is 7.47. The summed E-state index contributed by atoms with van der Waals surface area (Å²) < 4.78 is 1.85. The highest BCUT2D eigenvalue weighted by Gasteiger charge is 2.31. The number of pyridine rings is 1. The van der Waals surface area contributed by atoms with Gasteiger partial charge in [-0.25, -0.2) is 9.50 Å². The van der Waals surface area contributed by atoms with E-state index in [4.69, 9.17) is 0 Å². The van der Waals surface area contributed by atoms with Crippen LogP contribution in [0, 0.1) is 26.7 Å². The van der Waals surface area contributed by atoms with Crippen LogP contribution in [0.15, 0.2) is 30.5 Å². The van der Waals surface area contributed by atoms with Crippen molar-refractivity contribution in [1.82, 2.24) is 29.4 Å². The molecule has 0 bridgehead atoms. The van der Waals surface area contributed by atoms with Crippen molar-refractivity contribution >= 4 is 17.5 Å². The van der Waals surface area contributed by atoms with Crippen LogP contribution in [0.4, 0.5) is 0 Å². The molecule has 0 aliphatic carbocycles. The molecule has 0 spiro atoms. The summed E-state index contributed by atoms with van der Waals surface area (Å²) in [5.74, 6) is -0.147. The van der Waals surface area contributed by atoms with Gasteiger partial charge in [-0.15, -0.1) is 0 Å². The fourth-order valence-electron chi connectivity index (χ4n) is 4.47. The van der Waals surface area contributed by atoms with Gasteiger partial charge < -0.3 is 9.80 Å². The molecule has 0 aromatic carbocycles. The molecule has 3 aromatic heterocycles. The van der Waals surface area contributed by atoms with E-state index in [0.717, 1.165) is 34.0 Å². The van der Waals surface area contributed by atoms with Crippen LogP contribution in [-0.4, -0.2) is 67.9 Å². The third-order valence-electron chi connectivity index (χ3n) is 6.28. The summed E-state index contributed by atoms with van der Waals surface area (Å²) in [5, 5.41) is 4.52. The molecule has 1 aliphatic heterocycles. The minimum atomic E-state index is -0.283. The number of fused-ring (bicyclic) bond motifs is 1. The average molecular weight is 435 g/mol. The van der Waals surface area contributed by atoms with E-state index in [2.05, 4.69) is 15.1 Å². The van der Waals surface area contributed by atoms with E-state index in [1.165, 1.54) is 0 Å². The monoisotopic (exact) mass is 434 g/mol. The molecule has 2 amide bonds. The highest BCUT2D eigenvalue weighted by atomic mass is 16.2. The van der Waals surface area contributed by atoms with Gasteiger partial charge in [0.15, 0.2) is 5.65 Å². The second-order valence-corrected chi connectivity index (χ2v) is 8.64. The zero-order valence-corrected chi connectivity index (χ0v) is 19.2. The number of aromatic nitrogens is 4. The van der Waals surface area contributed by atoms with E-state index in [-0.39, 0.29) is 17.7 Å². The van der Waals surface area contributed by atoms with Gasteiger partial charge in [-0.2, -0.15) is 5.10 Å². The number of hydrogen-bond donors (Lipinski definition) is 0. The third kappa shape index (κ3) is 4.49. The summed E-state index contributed by atoms with van der Waals surface area (Å²) >= 11 is 0. The van der Waals surface area contributed by atoms with E-state index < -0.39 is 0 Å². The molecule has 168 valence electrons. The van der Waals surface area contributed by atoms with Gasteiger partial charge in [0.05, 0.1) is 11.6 Å². The third-order valence-corrected chi connectivity index (χ3v) is 6.28. The molecule has 1 fully saturated rings. The van der Waals surface area contributed by atoms with Gasteiger partial charge in [0.2, 0.25) is 11.8 Å². The van der Waals surface area contributed by atoms with Crippen LogP contribution in [0.5, 0.6) is 0 Å². The number of nitrogens with zero attached hydrogens (tertiary/aromatic N) is 6. The molecule has 4 rings (SSSR count). The summed E-state index contributed by atoms with van der Waals surface area (Å²) in [6, 6.07) is 7.67. The highest BCUT2D eigenvalue weighted by molar-refractivity contribution is 5.82. The van der Waals surface area contributed by atoms with Crippen molar-refractivity contribution in [2.75, 3.05) is 26.7 Å². The van der Waals surface area contributed by atoms with Gasteiger partial charge in [-0.05, 0) is 44.9 Å². The van der Waals surface area contributed by atoms with E-state index in [9.17, 15) is 9.59 Å². The number of likely N-dealkylation sites (N-methyl/N-ethyl adjacent to an activating group) is 1. The van der Waals surface area contributed by atoms with Gasteiger partial charge in [0.1, 0.15) is 0 Å². The molecule has 8 nitrogen and oxygen atoms in total. The first-order valence-corrected chi connectivity index (χ1v) is 11.1. The van der Waals surface area contributed by atoms with Crippen LogP contribution in [-0.2, 0) is 22.4 Å². The number of hydrogen-bond acceptors (Lipinski definition) is 5. The van der Waals surface area contributed by atoms with E-state index in [1.54, 1.807) is 18.1 Å². The Hall–Kier alpha value is -3.29. The molecule has 1 unspecified atom stereocenters. The Balaban J connectivity index is 1.47. The SMILES string of the molecule is Cc1cc2nc(C)c(CCC(=O)N3CCN(C)C(=O)C(Cc4ccccn4)C3)c(C)n2n1. The molecular weight excluding hydrogens is 404 g/mol. The van der Waals surface area contributed by atoms with Gasteiger partial charge in [0, 0.05) is 68.9 Å². The Labute approximate surface area is 188 Å². The van der Waals surface area contributed by atoms with Gasteiger partial charge in [0.25, 0.3) is 0 Å². The molecule has 0 saturated carbocycles. The standard InChI is InChI=1S/C24H30N6O2/c1-16-13-22-26-17(2)21(18(3)30(22)27-16)8-9-23(31)29-12-11-28(4)24(32)19(15-29)14-20-7-5-6-10-25-20/h5-7,10,13,19H,8-9,11-12,14-15H2,1-4H3. The number of amides is 2. The summed E-state index contributed by atoms with van der Waals surface area (Å²) in [6.07, 6.45) is 3.25. The van der Waals surface area contributed by atoms with Gasteiger partial charge >= 0.3 is 0 Å². The fourth-order valence-corrected chi connectivity index (χ4v) is 4.47. The van der Waals surface area contributed by atoms with Crippen LogP contribution < -0.4 is 0 Å². The Morgan fingerprint density at radius 2 is 2.00 bits per heavy atom. The molecule has 8 heteroatoms. The predicted molar refractivity (Wildman–Crippen MR) is 121 cm³/mol. The maximum atomic E-state index is 13.2. The number of carbonyl (C=O) groups is 2. The smallest absolute Gasteiger partial charge is 0.227 e. The van der Waals surface area contributed by atoms with Crippen molar-refractivity contribution in [1.29, 1.82) is 0 Å². The lowest BCUT2D eigenvalue weighted by Gasteiger charge is -2.23. The maximum Gasteiger partial charge on any atom is 0.227 e. The normalized spacial score (nSPS) is 17.1. The van der Waals surface area contributed by atoms with Gasteiger partial charge in [-0.3, -0.25) is 14.6 Å². The molecular formula is C24H30N6O2. The zero-order chi connectivity index (χ0) is 22.8. The molecule has 1 saturated heterocycles. The minimum Gasteiger partial charge on any atom is -0.344 e. The second-order valence-electron chi connectivity index (χ2n) is 8.64. The van der Waals surface area contributed by atoms with Crippen LogP contribution in [0.25, 0.3) is 5.65 Å². The Morgan fingerprint density at radius 3 is 2.75 bits per heavy atom. The Kier molecular flexibility index (Phi) is 6.21. The van der Waals surface area contributed by atoms with Crippen molar-refractivity contribution in [3.05, 3.63) is 58.8 Å². The molecule has 1 atom stereocenters. The Bertz CT molecular complexity index is 1140. The highest BCUT2D eigenvalue weighted by Crippen LogP contribution is 2.19. The summed E-state index contributed by atoms with van der Waals surface area (Å²) in [7, 11) is 1.81. The lowest BCUT2D eigenvalue weighted by atomic mass is 10.0.